The highest BCUT2D eigenvalue weighted by molar-refractivity contribution is 7.89. The Kier molecular flexibility index (Phi) is 3.20. The molecule has 8 heteroatoms. The van der Waals surface area contributed by atoms with Gasteiger partial charge < -0.3 is 0 Å². The second-order valence-corrected chi connectivity index (χ2v) is 4.56. The number of carbonyl (C=O) groups is 1. The average Bonchev–Trinajstić information content (AvgIpc) is 1.99. The quantitative estimate of drug-likeness (QED) is 0.522. The molecule has 0 unspecified atom stereocenters. The van der Waals surface area contributed by atoms with Crippen LogP contribution in [0.4, 0.5) is 0 Å². The summed E-state index contributed by atoms with van der Waals surface area (Å²) in [6.45, 7) is 0. The third-order valence-corrected chi connectivity index (χ3v) is 2.63. The zero-order valence-corrected chi connectivity index (χ0v) is 8.36. The van der Waals surface area contributed by atoms with Gasteiger partial charge in [0.25, 0.3) is 10.0 Å². The van der Waals surface area contributed by atoms with Crippen molar-refractivity contribution < 1.29 is 18.1 Å². The molecule has 0 heterocycles. The lowest BCUT2D eigenvalue weighted by Gasteiger charge is -2.09. The highest BCUT2D eigenvalue weighted by Gasteiger charge is 2.20. The number of nitrogens with zero attached hydrogens (tertiary/aromatic N) is 1. The SMILES string of the molecule is O=C1C=CC=C(NS(=O)(=O)C[N+](=O)[O-])C1. The molecule has 0 aromatic carbocycles. The largest absolute Gasteiger partial charge is 0.319 e. The second kappa shape index (κ2) is 4.22. The van der Waals surface area contributed by atoms with E-state index in [1.54, 1.807) is 0 Å². The van der Waals surface area contributed by atoms with E-state index < -0.39 is 20.8 Å². The Balaban J connectivity index is 2.70. The topological polar surface area (TPSA) is 106 Å². The molecule has 1 aliphatic rings. The first-order valence-electron chi connectivity index (χ1n) is 3.91. The number of hydrogen-bond acceptors (Lipinski definition) is 5. The van der Waals surface area contributed by atoms with Gasteiger partial charge in [0, 0.05) is 10.6 Å². The predicted octanol–water partition coefficient (Wildman–Crippen LogP) is -0.447. The van der Waals surface area contributed by atoms with Gasteiger partial charge >= 0.3 is 5.88 Å². The van der Waals surface area contributed by atoms with Crippen LogP contribution in [0.15, 0.2) is 23.9 Å². The molecule has 1 rings (SSSR count). The minimum atomic E-state index is -4.01. The van der Waals surface area contributed by atoms with Crippen LogP contribution in [0.1, 0.15) is 6.42 Å². The van der Waals surface area contributed by atoms with Crippen molar-refractivity contribution in [3.63, 3.8) is 0 Å². The Morgan fingerprint density at radius 2 is 2.20 bits per heavy atom. The average molecular weight is 232 g/mol. The van der Waals surface area contributed by atoms with Crippen LogP contribution < -0.4 is 4.72 Å². The molecule has 7 nitrogen and oxygen atoms in total. The summed E-state index contributed by atoms with van der Waals surface area (Å²) in [7, 11) is -4.01. The van der Waals surface area contributed by atoms with E-state index in [1.165, 1.54) is 18.2 Å². The smallest absolute Gasteiger partial charge is 0.294 e. The lowest BCUT2D eigenvalue weighted by Crippen LogP contribution is -2.30. The van der Waals surface area contributed by atoms with Gasteiger partial charge in [0.15, 0.2) is 5.78 Å². The first-order valence-corrected chi connectivity index (χ1v) is 5.57. The third-order valence-electron chi connectivity index (χ3n) is 1.51. The fourth-order valence-corrected chi connectivity index (χ4v) is 1.90. The second-order valence-electron chi connectivity index (χ2n) is 2.87. The lowest BCUT2D eigenvalue weighted by atomic mass is 10.1. The summed E-state index contributed by atoms with van der Waals surface area (Å²) >= 11 is 0. The van der Waals surface area contributed by atoms with Crippen LogP contribution in [0.3, 0.4) is 0 Å². The molecular formula is C7H8N2O5S. The molecule has 1 aliphatic carbocycles. The summed E-state index contributed by atoms with van der Waals surface area (Å²) in [4.78, 5) is 19.9. The van der Waals surface area contributed by atoms with Crippen molar-refractivity contribution in [2.24, 2.45) is 0 Å². The molecule has 15 heavy (non-hydrogen) atoms. The van der Waals surface area contributed by atoms with Gasteiger partial charge in [-0.15, -0.1) is 0 Å². The van der Waals surface area contributed by atoms with Crippen LogP contribution in [0.2, 0.25) is 0 Å². The number of carbonyl (C=O) groups excluding carboxylic acids is 1. The van der Waals surface area contributed by atoms with Crippen molar-refractivity contribution >= 4 is 15.8 Å². The zero-order valence-electron chi connectivity index (χ0n) is 7.54. The molecule has 0 saturated heterocycles. The van der Waals surface area contributed by atoms with Crippen molar-refractivity contribution in [2.45, 2.75) is 6.42 Å². The highest BCUT2D eigenvalue weighted by atomic mass is 32.2. The van der Waals surface area contributed by atoms with Gasteiger partial charge in [-0.1, -0.05) is 6.08 Å². The van der Waals surface area contributed by atoms with Crippen molar-refractivity contribution in [3.8, 4) is 0 Å². The maximum atomic E-state index is 11.1. The number of hydrogen-bond donors (Lipinski definition) is 1. The van der Waals surface area contributed by atoms with E-state index in [2.05, 4.69) is 0 Å². The molecule has 0 amide bonds. The lowest BCUT2D eigenvalue weighted by molar-refractivity contribution is -0.458. The standard InChI is InChI=1S/C7H8N2O5S/c10-7-3-1-2-6(4-7)8-15(13,14)5-9(11)12/h1-3,8H,4-5H2. The Bertz CT molecular complexity index is 448. The molecule has 0 aliphatic heterocycles. The monoisotopic (exact) mass is 232 g/mol. The van der Waals surface area contributed by atoms with Gasteiger partial charge in [0.1, 0.15) is 0 Å². The van der Waals surface area contributed by atoms with E-state index in [0.29, 0.717) is 0 Å². The normalized spacial score (nSPS) is 16.0. The predicted molar refractivity (Wildman–Crippen MR) is 50.8 cm³/mol. The number of allylic oxidation sites excluding steroid dienone is 4. The number of ketones is 1. The molecule has 0 aromatic heterocycles. The van der Waals surface area contributed by atoms with E-state index in [9.17, 15) is 23.3 Å². The van der Waals surface area contributed by atoms with Crippen LogP contribution in [0.25, 0.3) is 0 Å². The third kappa shape index (κ3) is 3.90. The van der Waals surface area contributed by atoms with E-state index in [0.717, 1.165) is 0 Å². The van der Waals surface area contributed by atoms with Crippen LogP contribution in [-0.2, 0) is 14.8 Å². The van der Waals surface area contributed by atoms with Gasteiger partial charge in [-0.3, -0.25) is 19.6 Å². The van der Waals surface area contributed by atoms with Gasteiger partial charge in [-0.2, -0.15) is 8.42 Å². The van der Waals surface area contributed by atoms with Crippen molar-refractivity contribution in [1.82, 2.24) is 4.72 Å². The van der Waals surface area contributed by atoms with Gasteiger partial charge in [0.05, 0.1) is 6.42 Å². The molecule has 1 N–H and O–H groups in total. The van der Waals surface area contributed by atoms with Crippen LogP contribution in [-0.4, -0.2) is 25.0 Å². The maximum absolute atomic E-state index is 11.1. The summed E-state index contributed by atoms with van der Waals surface area (Å²) in [6, 6.07) is 0. The van der Waals surface area contributed by atoms with Gasteiger partial charge in [-0.25, -0.2) is 0 Å². The Hall–Kier alpha value is -1.70. The number of rotatable bonds is 4. The molecule has 0 bridgehead atoms. The molecule has 82 valence electrons. The number of nitrogens with one attached hydrogen (secondary N) is 1. The Morgan fingerprint density at radius 1 is 1.53 bits per heavy atom. The van der Waals surface area contributed by atoms with E-state index in [-0.39, 0.29) is 17.9 Å². The van der Waals surface area contributed by atoms with E-state index >= 15 is 0 Å². The zero-order chi connectivity index (χ0) is 11.5. The molecule has 0 saturated carbocycles. The molecule has 0 radical (unpaired) electrons. The fraction of sp³-hybridized carbons (Fsp3) is 0.286. The summed E-state index contributed by atoms with van der Waals surface area (Å²) in [5.41, 5.74) is 0.143. The van der Waals surface area contributed by atoms with Crippen LogP contribution in [0.5, 0.6) is 0 Å². The van der Waals surface area contributed by atoms with Crippen LogP contribution in [0, 0.1) is 10.1 Å². The minimum absolute atomic E-state index is 0.0898. The van der Waals surface area contributed by atoms with Crippen molar-refractivity contribution in [1.29, 1.82) is 0 Å². The molecular weight excluding hydrogens is 224 g/mol. The first-order chi connectivity index (χ1) is 6.89. The number of sulfonamides is 1. The van der Waals surface area contributed by atoms with E-state index in [1.807, 2.05) is 4.72 Å². The van der Waals surface area contributed by atoms with Crippen molar-refractivity contribution in [2.75, 3.05) is 5.88 Å². The summed E-state index contributed by atoms with van der Waals surface area (Å²) < 4.78 is 24.2. The van der Waals surface area contributed by atoms with Gasteiger partial charge in [-0.05, 0) is 12.2 Å². The summed E-state index contributed by atoms with van der Waals surface area (Å²) in [5.74, 6) is -1.46. The summed E-state index contributed by atoms with van der Waals surface area (Å²) in [5, 5.41) is 10.0. The van der Waals surface area contributed by atoms with E-state index in [4.69, 9.17) is 0 Å². The molecule has 0 fully saturated rings. The fourth-order valence-electron chi connectivity index (χ4n) is 1.02. The summed E-state index contributed by atoms with van der Waals surface area (Å²) in [6.07, 6.45) is 3.98. The first kappa shape index (κ1) is 11.4. The highest BCUT2D eigenvalue weighted by Crippen LogP contribution is 2.07. The van der Waals surface area contributed by atoms with Gasteiger partial charge in [0.2, 0.25) is 0 Å². The Morgan fingerprint density at radius 3 is 2.73 bits per heavy atom. The number of nitro groups is 1. The minimum Gasteiger partial charge on any atom is -0.294 e. The van der Waals surface area contributed by atoms with Crippen LogP contribution >= 0.6 is 0 Å². The molecule has 0 spiro atoms. The van der Waals surface area contributed by atoms with Crippen molar-refractivity contribution in [3.05, 3.63) is 34.0 Å². The maximum Gasteiger partial charge on any atom is 0.319 e. The molecule has 0 atom stereocenters. The Labute approximate surface area is 85.7 Å². The molecule has 0 aromatic rings.